The summed E-state index contributed by atoms with van der Waals surface area (Å²) in [5.41, 5.74) is -0.637. The van der Waals surface area contributed by atoms with Crippen molar-refractivity contribution in [2.75, 3.05) is 0 Å². The lowest BCUT2D eigenvalue weighted by atomic mass is 9.57. The molecule has 1 spiro atoms. The average molecular weight is 439 g/mol. The van der Waals surface area contributed by atoms with Crippen LogP contribution < -0.4 is 5.32 Å². The third kappa shape index (κ3) is 4.18. The van der Waals surface area contributed by atoms with E-state index in [0.717, 1.165) is 25.7 Å². The lowest BCUT2D eigenvalue weighted by Gasteiger charge is -2.60. The van der Waals surface area contributed by atoms with Gasteiger partial charge in [-0.25, -0.2) is 9.78 Å². The van der Waals surface area contributed by atoms with Crippen molar-refractivity contribution in [3.63, 3.8) is 0 Å². The third-order valence-electron chi connectivity index (χ3n) is 8.11. The maximum Gasteiger partial charge on any atom is 0.475 e. The van der Waals surface area contributed by atoms with Gasteiger partial charge in [-0.3, -0.25) is 4.79 Å². The zero-order valence-electron chi connectivity index (χ0n) is 19.4. The van der Waals surface area contributed by atoms with Crippen molar-refractivity contribution in [3.8, 4) is 0 Å². The van der Waals surface area contributed by atoms with Crippen LogP contribution >= 0.6 is 0 Å². The lowest BCUT2D eigenvalue weighted by molar-refractivity contribution is -0.570. The van der Waals surface area contributed by atoms with Crippen molar-refractivity contribution < 1.29 is 34.1 Å². The second kappa shape index (κ2) is 8.58. The van der Waals surface area contributed by atoms with E-state index in [0.29, 0.717) is 12.3 Å². The highest BCUT2D eigenvalue weighted by Gasteiger charge is 2.69. The summed E-state index contributed by atoms with van der Waals surface area (Å²) in [5.74, 6) is -0.521. The summed E-state index contributed by atoms with van der Waals surface area (Å²) in [6.45, 7) is 10.2. The largest absolute Gasteiger partial charge is 0.475 e. The van der Waals surface area contributed by atoms with Gasteiger partial charge in [0.1, 0.15) is 0 Å². The van der Waals surface area contributed by atoms with Crippen LogP contribution in [0.4, 0.5) is 0 Å². The van der Waals surface area contributed by atoms with Gasteiger partial charge in [0.05, 0.1) is 18.5 Å². The second-order valence-electron chi connectivity index (χ2n) is 10.9. The van der Waals surface area contributed by atoms with Gasteiger partial charge in [0.15, 0.2) is 11.9 Å². The monoisotopic (exact) mass is 439 g/mol. The van der Waals surface area contributed by atoms with E-state index in [-0.39, 0.29) is 42.1 Å². The van der Waals surface area contributed by atoms with Crippen molar-refractivity contribution in [1.29, 1.82) is 0 Å². The van der Waals surface area contributed by atoms with Crippen molar-refractivity contribution in [2.45, 2.75) is 103 Å². The molecule has 0 unspecified atom stereocenters. The molecule has 2 bridgehead atoms. The fraction of sp³-hybridized carbons (Fsp3) is 0.955. The molecule has 31 heavy (non-hydrogen) atoms. The molecule has 0 aromatic carbocycles. The number of ether oxygens (including phenoxy) is 2. The summed E-state index contributed by atoms with van der Waals surface area (Å²) in [5, 5.41) is 22.1. The Kier molecular flexibility index (Phi) is 6.49. The Bertz CT molecular complexity index is 678. The Morgan fingerprint density at radius 3 is 2.58 bits per heavy atom. The van der Waals surface area contributed by atoms with Crippen LogP contribution in [0.1, 0.15) is 73.1 Å². The molecule has 1 aliphatic carbocycles. The van der Waals surface area contributed by atoms with Gasteiger partial charge in [-0.05, 0) is 56.3 Å². The molecule has 0 aromatic heterocycles. The quantitative estimate of drug-likeness (QED) is 0.430. The smallest absolute Gasteiger partial charge is 0.426 e. The number of carbonyl (C=O) groups is 1. The first kappa shape index (κ1) is 23.5. The van der Waals surface area contributed by atoms with Gasteiger partial charge in [-0.2, -0.15) is 0 Å². The minimum absolute atomic E-state index is 0.0780. The fourth-order valence-corrected chi connectivity index (χ4v) is 6.42. The molecule has 4 heterocycles. The van der Waals surface area contributed by atoms with Gasteiger partial charge in [0, 0.05) is 12.3 Å². The number of hydrogen-bond acceptors (Lipinski definition) is 7. The molecule has 5 fully saturated rings. The van der Waals surface area contributed by atoms with Crippen molar-refractivity contribution >= 4 is 13.0 Å². The number of carbonyl (C=O) groups excluding carboxylic acids is 1. The maximum atomic E-state index is 12.8. The standard InChI is InChI=1S/C22H38BNO7/c1-12(2)10-18(23(26)27)24-19(25)11-17-14(4)16-7-6-13(3)15-8-9-21(5)29-20(28-17)22(15,16)31-30-21/h12-18,20,26-27H,6-11H2,1-5H3,(H,24,25)/t13-,14-,15+,16+,17-,18+,20-,21-,22-/m1/s1. The van der Waals surface area contributed by atoms with Crippen LogP contribution in [0.25, 0.3) is 0 Å². The van der Waals surface area contributed by atoms with Gasteiger partial charge in [-0.1, -0.05) is 27.7 Å². The second-order valence-corrected chi connectivity index (χ2v) is 10.9. The summed E-state index contributed by atoms with van der Waals surface area (Å²) in [4.78, 5) is 24.8. The summed E-state index contributed by atoms with van der Waals surface area (Å²) in [6.07, 6.45) is 3.54. The maximum absolute atomic E-state index is 12.8. The summed E-state index contributed by atoms with van der Waals surface area (Å²) >= 11 is 0. The Morgan fingerprint density at radius 2 is 1.90 bits per heavy atom. The molecular weight excluding hydrogens is 401 g/mol. The topological polar surface area (TPSA) is 106 Å². The van der Waals surface area contributed by atoms with E-state index < -0.39 is 30.7 Å². The molecule has 176 valence electrons. The van der Waals surface area contributed by atoms with Gasteiger partial charge in [0.2, 0.25) is 11.7 Å². The Balaban J connectivity index is 1.52. The third-order valence-corrected chi connectivity index (χ3v) is 8.11. The van der Waals surface area contributed by atoms with Crippen LogP contribution in [0.5, 0.6) is 0 Å². The molecule has 9 heteroatoms. The van der Waals surface area contributed by atoms with E-state index in [4.69, 9.17) is 19.2 Å². The number of nitrogens with one attached hydrogen (secondary N) is 1. The molecule has 0 aromatic rings. The molecule has 4 aliphatic heterocycles. The van der Waals surface area contributed by atoms with E-state index >= 15 is 0 Å². The number of rotatable bonds is 6. The van der Waals surface area contributed by atoms with Crippen molar-refractivity contribution in [1.82, 2.24) is 5.32 Å². The average Bonchev–Trinajstić information content (AvgIpc) is 2.91. The molecule has 1 amide bonds. The van der Waals surface area contributed by atoms with E-state index in [2.05, 4.69) is 19.2 Å². The van der Waals surface area contributed by atoms with Gasteiger partial charge in [0.25, 0.3) is 0 Å². The first-order valence-corrected chi connectivity index (χ1v) is 11.9. The van der Waals surface area contributed by atoms with Crippen LogP contribution in [0, 0.1) is 29.6 Å². The van der Waals surface area contributed by atoms with Crippen molar-refractivity contribution in [2.24, 2.45) is 29.6 Å². The minimum Gasteiger partial charge on any atom is -0.426 e. The number of hydrogen-bond donors (Lipinski definition) is 3. The SMILES string of the molecule is CC(C)C[C@H](NC(=O)C[C@H]1O[C@@H]2O[C@@]3(C)CC[C@H]4[C@H](C)CC[C@@H]([C@H]1C)[C@@]24OO3)B(O)O. The minimum atomic E-state index is -1.59. The number of fused-ring (bicyclic) bond motifs is 2. The Hall–Kier alpha value is -0.705. The molecule has 4 saturated heterocycles. The van der Waals surface area contributed by atoms with E-state index in [1.807, 2.05) is 20.8 Å². The lowest BCUT2D eigenvalue weighted by Crippen LogP contribution is -2.70. The van der Waals surface area contributed by atoms with Gasteiger partial charge >= 0.3 is 7.12 Å². The van der Waals surface area contributed by atoms with Gasteiger partial charge < -0.3 is 24.8 Å². The molecule has 8 nitrogen and oxygen atoms in total. The summed E-state index contributed by atoms with van der Waals surface area (Å²) in [6, 6.07) is 0. The first-order chi connectivity index (χ1) is 14.6. The summed E-state index contributed by atoms with van der Waals surface area (Å²) < 4.78 is 12.8. The zero-order chi connectivity index (χ0) is 22.6. The van der Waals surface area contributed by atoms with Crippen LogP contribution in [0.15, 0.2) is 0 Å². The molecule has 1 saturated carbocycles. The van der Waals surface area contributed by atoms with Crippen LogP contribution in [0.3, 0.4) is 0 Å². The molecule has 3 N–H and O–H groups in total. The predicted octanol–water partition coefficient (Wildman–Crippen LogP) is 2.17. The molecular formula is C22H38BNO7. The first-order valence-electron chi connectivity index (χ1n) is 11.9. The highest BCUT2D eigenvalue weighted by atomic mass is 17.3. The molecule has 5 rings (SSSR count). The highest BCUT2D eigenvalue weighted by molar-refractivity contribution is 6.43. The number of amides is 1. The van der Waals surface area contributed by atoms with Crippen LogP contribution in [0.2, 0.25) is 0 Å². The fourth-order valence-electron chi connectivity index (χ4n) is 6.42. The summed E-state index contributed by atoms with van der Waals surface area (Å²) in [7, 11) is -1.59. The predicted molar refractivity (Wildman–Crippen MR) is 113 cm³/mol. The van der Waals surface area contributed by atoms with Crippen LogP contribution in [-0.2, 0) is 24.0 Å². The molecule has 9 atom stereocenters. The Labute approximate surface area is 185 Å². The highest BCUT2D eigenvalue weighted by Crippen LogP contribution is 2.60. The van der Waals surface area contributed by atoms with Gasteiger partial charge in [-0.15, -0.1) is 0 Å². The van der Waals surface area contributed by atoms with Crippen molar-refractivity contribution in [3.05, 3.63) is 0 Å². The van der Waals surface area contributed by atoms with Crippen LogP contribution in [-0.4, -0.2) is 52.8 Å². The Morgan fingerprint density at radius 1 is 1.16 bits per heavy atom. The zero-order valence-corrected chi connectivity index (χ0v) is 19.4. The normalized spacial score (nSPS) is 45.0. The van der Waals surface area contributed by atoms with E-state index in [1.165, 1.54) is 0 Å². The van der Waals surface area contributed by atoms with E-state index in [9.17, 15) is 14.8 Å². The van der Waals surface area contributed by atoms with E-state index in [1.54, 1.807) is 0 Å². The molecule has 5 aliphatic rings. The molecule has 0 radical (unpaired) electrons.